The van der Waals surface area contributed by atoms with E-state index in [2.05, 4.69) is 6.92 Å². The second-order valence-electron chi connectivity index (χ2n) is 2.11. The first-order valence-corrected chi connectivity index (χ1v) is 3.31. The first-order valence-electron chi connectivity index (χ1n) is 3.31. The van der Waals surface area contributed by atoms with Crippen LogP contribution in [0.15, 0.2) is 0 Å². The van der Waals surface area contributed by atoms with E-state index in [1.54, 1.807) is 0 Å². The Balaban J connectivity index is 3.30. The van der Waals surface area contributed by atoms with Gasteiger partial charge in [-0.1, -0.05) is 19.8 Å². The third-order valence-corrected chi connectivity index (χ3v) is 1.28. The average molecular weight is 127 g/mol. The monoisotopic (exact) mass is 127 g/mol. The van der Waals surface area contributed by atoms with Gasteiger partial charge in [0.25, 0.3) is 0 Å². The van der Waals surface area contributed by atoms with Gasteiger partial charge >= 0.3 is 0 Å². The summed E-state index contributed by atoms with van der Waals surface area (Å²) in [4.78, 5) is 10.1. The van der Waals surface area contributed by atoms with Crippen molar-refractivity contribution in [3.63, 3.8) is 0 Å². The fraction of sp³-hybridized carbons (Fsp3) is 0.714. The Labute approximate surface area is 55.8 Å². The van der Waals surface area contributed by atoms with Crippen molar-refractivity contribution in [2.75, 3.05) is 0 Å². The molecule has 1 atom stereocenters. The molecule has 0 saturated carbocycles. The topological polar surface area (TPSA) is 40.9 Å². The van der Waals surface area contributed by atoms with Crippen LogP contribution in [0.2, 0.25) is 0 Å². The molecule has 0 spiro atoms. The molecule has 0 aliphatic carbocycles. The van der Waals surface area contributed by atoms with Crippen LogP contribution >= 0.6 is 0 Å². The number of nitrogens with one attached hydrogen (secondary N) is 1. The SMILES string of the molecule is CCCCC(C=N)C=O. The lowest BCUT2D eigenvalue weighted by atomic mass is 10.1. The van der Waals surface area contributed by atoms with Crippen molar-refractivity contribution >= 4 is 12.5 Å². The quantitative estimate of drug-likeness (QED) is 0.442. The predicted octanol–water partition coefficient (Wildman–Crippen LogP) is 1.64. The molecule has 52 valence electrons. The highest BCUT2D eigenvalue weighted by molar-refractivity contribution is 5.78. The number of unbranched alkanes of at least 4 members (excludes halogenated alkanes) is 1. The summed E-state index contributed by atoms with van der Waals surface area (Å²) in [6, 6.07) is 0. The number of rotatable bonds is 5. The zero-order chi connectivity index (χ0) is 7.11. The predicted molar refractivity (Wildman–Crippen MR) is 37.9 cm³/mol. The Morgan fingerprint density at radius 2 is 2.33 bits per heavy atom. The summed E-state index contributed by atoms with van der Waals surface area (Å²) in [5.41, 5.74) is 0. The van der Waals surface area contributed by atoms with Crippen LogP contribution in [-0.2, 0) is 4.79 Å². The maximum Gasteiger partial charge on any atom is 0.128 e. The molecular formula is C7H13NO. The minimum atomic E-state index is -0.134. The molecule has 1 N–H and O–H groups in total. The number of hydrogen-bond donors (Lipinski definition) is 1. The minimum Gasteiger partial charge on any atom is -0.312 e. The smallest absolute Gasteiger partial charge is 0.128 e. The number of aldehydes is 1. The summed E-state index contributed by atoms with van der Waals surface area (Å²) in [6.45, 7) is 2.08. The van der Waals surface area contributed by atoms with Crippen molar-refractivity contribution < 1.29 is 4.79 Å². The molecule has 0 radical (unpaired) electrons. The molecule has 2 nitrogen and oxygen atoms in total. The normalized spacial score (nSPS) is 12.6. The van der Waals surface area contributed by atoms with Crippen molar-refractivity contribution in [3.05, 3.63) is 0 Å². The van der Waals surface area contributed by atoms with Gasteiger partial charge in [-0.25, -0.2) is 0 Å². The summed E-state index contributed by atoms with van der Waals surface area (Å²) >= 11 is 0. The molecule has 0 heterocycles. The fourth-order valence-electron chi connectivity index (χ4n) is 0.630. The van der Waals surface area contributed by atoms with Crippen LogP contribution in [0.4, 0.5) is 0 Å². The third kappa shape index (κ3) is 3.88. The first kappa shape index (κ1) is 8.34. The van der Waals surface area contributed by atoms with Crippen LogP contribution in [-0.4, -0.2) is 12.5 Å². The largest absolute Gasteiger partial charge is 0.312 e. The Bertz CT molecular complexity index is 82.9. The third-order valence-electron chi connectivity index (χ3n) is 1.28. The lowest BCUT2D eigenvalue weighted by molar-refractivity contribution is -0.109. The molecule has 0 aromatic rings. The van der Waals surface area contributed by atoms with Gasteiger partial charge in [0.05, 0.1) is 0 Å². The zero-order valence-electron chi connectivity index (χ0n) is 5.76. The molecule has 1 unspecified atom stereocenters. The molecule has 0 bridgehead atoms. The molecule has 0 aromatic heterocycles. The Morgan fingerprint density at radius 1 is 1.67 bits per heavy atom. The van der Waals surface area contributed by atoms with E-state index in [4.69, 9.17) is 5.41 Å². The Kier molecular flexibility index (Phi) is 5.07. The van der Waals surface area contributed by atoms with Gasteiger partial charge in [0.1, 0.15) is 6.29 Å². The average Bonchev–Trinajstić information content (AvgIpc) is 1.91. The van der Waals surface area contributed by atoms with E-state index in [9.17, 15) is 4.79 Å². The van der Waals surface area contributed by atoms with Crippen LogP contribution in [0.25, 0.3) is 0 Å². The lowest BCUT2D eigenvalue weighted by Gasteiger charge is -1.98. The van der Waals surface area contributed by atoms with E-state index in [0.717, 1.165) is 25.5 Å². The minimum absolute atomic E-state index is 0.134. The van der Waals surface area contributed by atoms with Crippen molar-refractivity contribution in [1.29, 1.82) is 5.41 Å². The van der Waals surface area contributed by atoms with Gasteiger partial charge in [0.15, 0.2) is 0 Å². The van der Waals surface area contributed by atoms with Gasteiger partial charge in [-0.3, -0.25) is 0 Å². The molecule has 9 heavy (non-hydrogen) atoms. The van der Waals surface area contributed by atoms with E-state index in [1.807, 2.05) is 0 Å². The number of carbonyl (C=O) groups is 1. The standard InChI is InChI=1S/C7H13NO/c1-2-3-4-7(5-8)6-9/h5-8H,2-4H2,1H3. The van der Waals surface area contributed by atoms with Crippen LogP contribution < -0.4 is 0 Å². The highest BCUT2D eigenvalue weighted by atomic mass is 16.1. The summed E-state index contributed by atoms with van der Waals surface area (Å²) < 4.78 is 0. The fourth-order valence-corrected chi connectivity index (χ4v) is 0.630. The zero-order valence-corrected chi connectivity index (χ0v) is 5.76. The second-order valence-corrected chi connectivity index (χ2v) is 2.11. The van der Waals surface area contributed by atoms with Crippen molar-refractivity contribution in [2.45, 2.75) is 26.2 Å². The van der Waals surface area contributed by atoms with Crippen LogP contribution in [0, 0.1) is 11.3 Å². The summed E-state index contributed by atoms with van der Waals surface area (Å²) in [7, 11) is 0. The van der Waals surface area contributed by atoms with E-state index < -0.39 is 0 Å². The van der Waals surface area contributed by atoms with Crippen LogP contribution in [0.5, 0.6) is 0 Å². The van der Waals surface area contributed by atoms with Crippen LogP contribution in [0.3, 0.4) is 0 Å². The van der Waals surface area contributed by atoms with Gasteiger partial charge in [0, 0.05) is 12.1 Å². The molecule has 0 amide bonds. The van der Waals surface area contributed by atoms with Crippen LogP contribution in [0.1, 0.15) is 26.2 Å². The molecule has 0 saturated heterocycles. The lowest BCUT2D eigenvalue weighted by Crippen LogP contribution is -2.01. The van der Waals surface area contributed by atoms with Gasteiger partial charge in [-0.05, 0) is 6.42 Å². The van der Waals surface area contributed by atoms with Crippen molar-refractivity contribution in [1.82, 2.24) is 0 Å². The maximum absolute atomic E-state index is 10.1. The number of carbonyl (C=O) groups excluding carboxylic acids is 1. The first-order chi connectivity index (χ1) is 4.35. The highest BCUT2D eigenvalue weighted by Gasteiger charge is 1.99. The molecule has 0 aromatic carbocycles. The number of hydrogen-bond acceptors (Lipinski definition) is 2. The Hall–Kier alpha value is -0.660. The molecule has 0 rings (SSSR count). The van der Waals surface area contributed by atoms with Gasteiger partial charge in [0.2, 0.25) is 0 Å². The molecule has 0 aliphatic rings. The second kappa shape index (κ2) is 5.48. The Morgan fingerprint density at radius 3 is 2.67 bits per heavy atom. The molecular weight excluding hydrogens is 114 g/mol. The van der Waals surface area contributed by atoms with E-state index in [0.29, 0.717) is 0 Å². The van der Waals surface area contributed by atoms with E-state index in [-0.39, 0.29) is 5.92 Å². The summed E-state index contributed by atoms with van der Waals surface area (Å²) in [6.07, 6.45) is 5.02. The van der Waals surface area contributed by atoms with Gasteiger partial charge in [-0.15, -0.1) is 0 Å². The van der Waals surface area contributed by atoms with E-state index in [1.165, 1.54) is 6.21 Å². The summed E-state index contributed by atoms with van der Waals surface area (Å²) in [5, 5.41) is 6.78. The molecule has 2 heteroatoms. The molecule has 0 aliphatic heterocycles. The maximum atomic E-state index is 10.1. The van der Waals surface area contributed by atoms with Gasteiger partial charge < -0.3 is 10.2 Å². The highest BCUT2D eigenvalue weighted by Crippen LogP contribution is 2.01. The molecule has 0 fully saturated rings. The summed E-state index contributed by atoms with van der Waals surface area (Å²) in [5.74, 6) is -0.134. The van der Waals surface area contributed by atoms with Crippen molar-refractivity contribution in [3.8, 4) is 0 Å². The van der Waals surface area contributed by atoms with Crippen molar-refractivity contribution in [2.24, 2.45) is 5.92 Å². The van der Waals surface area contributed by atoms with E-state index >= 15 is 0 Å². The van der Waals surface area contributed by atoms with Gasteiger partial charge in [-0.2, -0.15) is 0 Å².